The fourth-order valence-corrected chi connectivity index (χ4v) is 32.2. The van der Waals surface area contributed by atoms with E-state index in [1.807, 2.05) is 28.3 Å². The molecule has 0 radical (unpaired) electrons. The Balaban J connectivity index is 0.000000355. The molecule has 13 heteroatoms. The van der Waals surface area contributed by atoms with Crippen molar-refractivity contribution in [3.8, 4) is 9.75 Å². The summed E-state index contributed by atoms with van der Waals surface area (Å²) in [4.78, 5) is 19.5. The molecule has 0 saturated heterocycles. The predicted molar refractivity (Wildman–Crippen MR) is 319 cm³/mol. The normalized spacial score (nSPS) is 13.5. The van der Waals surface area contributed by atoms with Crippen LogP contribution in [-0.4, -0.2) is 65.5 Å². The van der Waals surface area contributed by atoms with Crippen molar-refractivity contribution in [1.82, 2.24) is 20.6 Å². The zero-order valence-corrected chi connectivity index (χ0v) is 55.7. The van der Waals surface area contributed by atoms with Crippen LogP contribution in [0.2, 0.25) is 41.7 Å². The molecule has 0 spiro atoms. The predicted octanol–water partition coefficient (Wildman–Crippen LogP) is 18.8. The van der Waals surface area contributed by atoms with Crippen molar-refractivity contribution in [3.05, 3.63) is 33.2 Å². The van der Waals surface area contributed by atoms with Gasteiger partial charge in [-0.25, -0.2) is 9.26 Å². The van der Waals surface area contributed by atoms with Gasteiger partial charge in [0.1, 0.15) is 22.1 Å². The fraction of sp³-hybridized carbons (Fsp3) is 0.679. The Hall–Kier alpha value is -0.326. The minimum atomic E-state index is -2.14. The van der Waals surface area contributed by atoms with E-state index in [9.17, 15) is 0 Å². The van der Waals surface area contributed by atoms with Crippen LogP contribution < -0.4 is 16.2 Å². The van der Waals surface area contributed by atoms with Gasteiger partial charge in [0, 0.05) is 19.7 Å². The van der Waals surface area contributed by atoms with E-state index in [1.165, 1.54) is 192 Å². The van der Waals surface area contributed by atoms with Crippen LogP contribution in [0, 0.1) is 0 Å². The van der Waals surface area contributed by atoms with E-state index >= 15 is 0 Å². The molecule has 1 aliphatic heterocycles. The molecular formula is C56H88Br2N4O2S2SiSn2. The minimum absolute atomic E-state index is 0.671. The average molecular weight is 1340 g/mol. The monoisotopic (exact) mass is 1340 g/mol. The van der Waals surface area contributed by atoms with Crippen LogP contribution in [-0.2, 0) is 0 Å². The molecule has 382 valence electrons. The summed E-state index contributed by atoms with van der Waals surface area (Å²) in [7, 11) is -1.71. The van der Waals surface area contributed by atoms with Crippen LogP contribution in [0.25, 0.3) is 42.6 Å². The maximum absolute atomic E-state index is 4.78. The molecule has 0 unspecified atom stereocenters. The third kappa shape index (κ3) is 16.3. The van der Waals surface area contributed by atoms with Crippen molar-refractivity contribution >= 4 is 148 Å². The number of rotatable bonds is 32. The molecule has 2 aromatic carbocycles. The van der Waals surface area contributed by atoms with E-state index in [0.717, 1.165) is 19.7 Å². The van der Waals surface area contributed by atoms with Crippen LogP contribution in [0.3, 0.4) is 0 Å². The second-order valence-electron chi connectivity index (χ2n) is 22.7. The summed E-state index contributed by atoms with van der Waals surface area (Å²) in [5.41, 5.74) is 2.69. The molecule has 6 aromatic rings. The quantitative estimate of drug-likeness (QED) is 0.0309. The zero-order valence-electron chi connectivity index (χ0n) is 44.2. The van der Waals surface area contributed by atoms with Crippen molar-refractivity contribution in [1.29, 1.82) is 0 Å². The maximum atomic E-state index is 4.78. The van der Waals surface area contributed by atoms with Gasteiger partial charge < -0.3 is 0 Å². The molecule has 0 N–H and O–H groups in total. The average Bonchev–Trinajstić information content (AvgIpc) is 4.17. The van der Waals surface area contributed by atoms with Gasteiger partial charge >= 0.3 is 237 Å². The molecule has 7 rings (SSSR count). The molecule has 0 fully saturated rings. The Labute approximate surface area is 451 Å². The molecule has 1 aliphatic rings. The van der Waals surface area contributed by atoms with Gasteiger partial charge in [-0.1, -0.05) is 104 Å². The number of unbranched alkanes of at least 4 members (excludes halogenated alkanes) is 26. The number of hydrogen-bond donors (Lipinski definition) is 0. The molecule has 4 aromatic heterocycles. The zero-order chi connectivity index (χ0) is 49.3. The van der Waals surface area contributed by atoms with Crippen LogP contribution in [0.5, 0.6) is 0 Å². The van der Waals surface area contributed by atoms with Crippen molar-refractivity contribution in [3.63, 3.8) is 0 Å². The Morgan fingerprint density at radius 3 is 0.971 bits per heavy atom. The summed E-state index contributed by atoms with van der Waals surface area (Å²) in [6.45, 7) is 4.65. The van der Waals surface area contributed by atoms with Gasteiger partial charge in [0.15, 0.2) is 0 Å². The van der Waals surface area contributed by atoms with Gasteiger partial charge in [-0.15, -0.1) is 0 Å². The number of hydrogen-bond acceptors (Lipinski definition) is 8. The third-order valence-corrected chi connectivity index (χ3v) is 43.0. The SMILES string of the molecule is Brc1cc2c(cc(Br)c3nonc32)c2nonc12.CCCCCCCCCCCCCCCC[Si]1(CCCCCCCCCCCCCCCC)c2c[c]([Sn]([CH3])([CH3])[CH3])sc2-c2s[c]([Sn]([CH3])([CH3])[CH3])cc21. The number of halogens is 2. The number of benzene rings is 2. The Morgan fingerprint density at radius 2 is 0.681 bits per heavy atom. The van der Waals surface area contributed by atoms with Crippen molar-refractivity contribution in [2.75, 3.05) is 0 Å². The van der Waals surface area contributed by atoms with Gasteiger partial charge in [-0.3, -0.25) is 0 Å². The fourth-order valence-electron chi connectivity index (χ4n) is 10.6. The summed E-state index contributed by atoms with van der Waals surface area (Å²) in [6, 6.07) is 12.6. The molecule has 5 heterocycles. The molecular weight excluding hydrogens is 1250 g/mol. The van der Waals surface area contributed by atoms with Crippen LogP contribution in [0.4, 0.5) is 0 Å². The molecule has 0 amide bonds. The summed E-state index contributed by atoms with van der Waals surface area (Å²) in [6.07, 6.45) is 41.0. The van der Waals surface area contributed by atoms with Gasteiger partial charge in [-0.05, 0) is 64.6 Å². The first-order valence-electron chi connectivity index (χ1n) is 27.7. The summed E-state index contributed by atoms with van der Waals surface area (Å²) in [5, 5.41) is 21.2. The van der Waals surface area contributed by atoms with Crippen LogP contribution in [0.1, 0.15) is 194 Å². The first-order valence-corrected chi connectivity index (χ1v) is 53.4. The second-order valence-corrected chi connectivity index (χ2v) is 61.6. The third-order valence-electron chi connectivity index (χ3n) is 14.9. The molecule has 0 aliphatic carbocycles. The van der Waals surface area contributed by atoms with Crippen LogP contribution >= 0.6 is 54.5 Å². The van der Waals surface area contributed by atoms with Crippen LogP contribution in [0.15, 0.2) is 42.5 Å². The Kier molecular flexibility index (Phi) is 24.4. The number of aromatic nitrogens is 4. The summed E-state index contributed by atoms with van der Waals surface area (Å²) in [5.74, 6) is 0. The molecule has 69 heavy (non-hydrogen) atoms. The number of nitrogens with zero attached hydrogens (tertiary/aromatic N) is 4. The molecule has 0 bridgehead atoms. The number of thiophene rings is 2. The summed E-state index contributed by atoms with van der Waals surface area (Å²) < 4.78 is 14.9. The van der Waals surface area contributed by atoms with Gasteiger partial charge in [0.25, 0.3) is 0 Å². The van der Waals surface area contributed by atoms with E-state index in [2.05, 4.69) is 131 Å². The Morgan fingerprint density at radius 1 is 0.406 bits per heavy atom. The first-order chi connectivity index (χ1) is 33.3. The van der Waals surface area contributed by atoms with E-state index in [1.54, 1.807) is 9.75 Å². The van der Waals surface area contributed by atoms with Gasteiger partial charge in [0.05, 0.1) is 0 Å². The van der Waals surface area contributed by atoms with E-state index in [4.69, 9.17) is 9.26 Å². The van der Waals surface area contributed by atoms with E-state index in [-0.39, 0.29) is 0 Å². The van der Waals surface area contributed by atoms with Crippen molar-refractivity contribution in [2.45, 2.75) is 235 Å². The summed E-state index contributed by atoms with van der Waals surface area (Å²) >= 11 is 7.17. The Bertz CT molecular complexity index is 2280. The topological polar surface area (TPSA) is 77.8 Å². The number of fused-ring (bicyclic) bond motifs is 8. The van der Waals surface area contributed by atoms with Gasteiger partial charge in [0.2, 0.25) is 0 Å². The van der Waals surface area contributed by atoms with Gasteiger partial charge in [-0.2, -0.15) is 0 Å². The molecule has 0 atom stereocenters. The molecule has 6 nitrogen and oxygen atoms in total. The van der Waals surface area contributed by atoms with Crippen molar-refractivity contribution < 1.29 is 9.26 Å². The molecule has 0 saturated carbocycles. The van der Waals surface area contributed by atoms with E-state index in [0.29, 0.717) is 22.1 Å². The van der Waals surface area contributed by atoms with E-state index < -0.39 is 44.8 Å². The first kappa shape index (κ1) is 57.9. The second kappa shape index (κ2) is 29.1. The van der Waals surface area contributed by atoms with Crippen molar-refractivity contribution in [2.24, 2.45) is 0 Å². The standard InChI is InChI=1S/C40H68S2Si.C10H2Br2N4O2.6CH3.2Sn/c1-3-5-7-9-11-13-15-17-19-21-23-25-27-29-35-43(37-31-33-41-39(37)40-38(43)32-34-42-40)36-30-28-26-24-22-20-18-16-14-12-10-8-6-4-2;11-5-1-3-4(8-9(5)15-18-14-8)2-6(12)10-7(3)13-17-16-10;;;;;;;;/h31-32H,3-30,35-36H2,1-2H3;1-2H;6*1H3;;.